The van der Waals surface area contributed by atoms with Crippen molar-refractivity contribution in [2.24, 2.45) is 5.92 Å². The van der Waals surface area contributed by atoms with Gasteiger partial charge in [-0.3, -0.25) is 0 Å². The van der Waals surface area contributed by atoms with Crippen molar-refractivity contribution < 1.29 is 14.6 Å². The minimum Gasteiger partial charge on any atom is -0.491 e. The molecule has 1 aromatic carbocycles. The lowest BCUT2D eigenvalue weighted by molar-refractivity contribution is 0.0697. The molecule has 1 aromatic rings. The molecule has 1 aliphatic rings. The lowest BCUT2D eigenvalue weighted by Gasteiger charge is -2.22. The monoisotopic (exact) mass is 277 g/mol. The first-order valence-corrected chi connectivity index (χ1v) is 7.33. The molecule has 0 aliphatic carbocycles. The van der Waals surface area contributed by atoms with Gasteiger partial charge in [0, 0.05) is 13.1 Å². The molecule has 4 nitrogen and oxygen atoms in total. The summed E-state index contributed by atoms with van der Waals surface area (Å²) in [7, 11) is 0. The third-order valence-corrected chi connectivity index (χ3v) is 3.61. The molecule has 0 amide bonds. The van der Waals surface area contributed by atoms with Crippen LogP contribution in [0.5, 0.6) is 5.75 Å². The minimum atomic E-state index is -0.890. The van der Waals surface area contributed by atoms with Crippen LogP contribution in [0.3, 0.4) is 0 Å². The van der Waals surface area contributed by atoms with E-state index < -0.39 is 5.97 Å². The van der Waals surface area contributed by atoms with Gasteiger partial charge in [-0.1, -0.05) is 13.8 Å². The summed E-state index contributed by atoms with van der Waals surface area (Å²) in [6, 6.07) is 5.14. The van der Waals surface area contributed by atoms with Gasteiger partial charge in [0.25, 0.3) is 0 Å². The molecule has 0 unspecified atom stereocenters. The Kier molecular flexibility index (Phi) is 4.88. The third kappa shape index (κ3) is 3.65. The average Bonchev–Trinajstić information content (AvgIpc) is 2.92. The van der Waals surface area contributed by atoms with E-state index in [-0.39, 0.29) is 0 Å². The molecule has 1 N–H and O–H groups in total. The molecule has 0 spiro atoms. The van der Waals surface area contributed by atoms with Crippen molar-refractivity contribution in [3.05, 3.63) is 23.8 Å². The number of carbonyl (C=O) groups is 1. The summed E-state index contributed by atoms with van der Waals surface area (Å²) in [4.78, 5) is 13.3. The van der Waals surface area contributed by atoms with Gasteiger partial charge in [0.1, 0.15) is 5.75 Å². The highest BCUT2D eigenvalue weighted by molar-refractivity contribution is 5.89. The van der Waals surface area contributed by atoms with E-state index >= 15 is 0 Å². The third-order valence-electron chi connectivity index (χ3n) is 3.61. The van der Waals surface area contributed by atoms with E-state index in [2.05, 4.69) is 18.7 Å². The van der Waals surface area contributed by atoms with Gasteiger partial charge in [-0.05, 0) is 43.4 Å². The fourth-order valence-electron chi connectivity index (χ4n) is 2.38. The van der Waals surface area contributed by atoms with Crippen molar-refractivity contribution in [2.45, 2.75) is 33.1 Å². The van der Waals surface area contributed by atoms with Crippen molar-refractivity contribution in [3.8, 4) is 5.75 Å². The Bertz CT molecular complexity index is 465. The maximum atomic E-state index is 11.1. The zero-order valence-electron chi connectivity index (χ0n) is 12.3. The Morgan fingerprint density at radius 1 is 1.35 bits per heavy atom. The number of hydrogen-bond acceptors (Lipinski definition) is 3. The first-order valence-electron chi connectivity index (χ1n) is 7.33. The van der Waals surface area contributed by atoms with Crippen LogP contribution in [0.1, 0.15) is 43.5 Å². The summed E-state index contributed by atoms with van der Waals surface area (Å²) in [5.41, 5.74) is 1.24. The quantitative estimate of drug-likeness (QED) is 0.865. The van der Waals surface area contributed by atoms with Gasteiger partial charge in [-0.15, -0.1) is 0 Å². The molecule has 0 atom stereocenters. The zero-order valence-corrected chi connectivity index (χ0v) is 12.3. The zero-order chi connectivity index (χ0) is 14.5. The molecule has 0 saturated carbocycles. The fourth-order valence-corrected chi connectivity index (χ4v) is 2.38. The van der Waals surface area contributed by atoms with E-state index in [0.717, 1.165) is 43.8 Å². The van der Waals surface area contributed by atoms with Crippen LogP contribution in [0, 0.1) is 5.92 Å². The molecule has 1 saturated heterocycles. The Balaban J connectivity index is 2.18. The van der Waals surface area contributed by atoms with Crippen molar-refractivity contribution >= 4 is 11.7 Å². The van der Waals surface area contributed by atoms with Gasteiger partial charge >= 0.3 is 5.97 Å². The van der Waals surface area contributed by atoms with E-state index in [0.29, 0.717) is 18.1 Å². The summed E-state index contributed by atoms with van der Waals surface area (Å²) >= 11 is 0. The number of hydrogen-bond donors (Lipinski definition) is 1. The maximum Gasteiger partial charge on any atom is 0.335 e. The number of ether oxygens (including phenoxy) is 1. The van der Waals surface area contributed by atoms with E-state index in [9.17, 15) is 4.79 Å². The van der Waals surface area contributed by atoms with E-state index in [1.54, 1.807) is 18.2 Å². The Labute approximate surface area is 120 Å². The van der Waals surface area contributed by atoms with E-state index in [1.807, 2.05) is 0 Å². The van der Waals surface area contributed by atoms with Gasteiger partial charge in [0.2, 0.25) is 0 Å². The van der Waals surface area contributed by atoms with Crippen LogP contribution in [-0.4, -0.2) is 30.8 Å². The summed E-state index contributed by atoms with van der Waals surface area (Å²) in [5, 5.41) is 9.13. The molecule has 0 bridgehead atoms. The average molecular weight is 277 g/mol. The number of carboxylic acids is 1. The largest absolute Gasteiger partial charge is 0.491 e. The van der Waals surface area contributed by atoms with Crippen LogP contribution in [0.4, 0.5) is 5.69 Å². The van der Waals surface area contributed by atoms with Crippen molar-refractivity contribution in [3.63, 3.8) is 0 Å². The topological polar surface area (TPSA) is 49.8 Å². The predicted octanol–water partition coefficient (Wildman–Crippen LogP) is 3.41. The number of rotatable bonds is 6. The van der Waals surface area contributed by atoms with E-state index in [1.165, 1.54) is 0 Å². The van der Waals surface area contributed by atoms with Crippen LogP contribution in [0.15, 0.2) is 18.2 Å². The van der Waals surface area contributed by atoms with Crippen LogP contribution in [-0.2, 0) is 0 Å². The first kappa shape index (κ1) is 14.7. The Morgan fingerprint density at radius 2 is 2.05 bits per heavy atom. The standard InChI is InChI=1S/C16H23NO3/c1-12(2)7-10-20-15-6-5-13(16(18)19)11-14(15)17-8-3-4-9-17/h5-6,11-12H,3-4,7-10H2,1-2H3,(H,18,19). The van der Waals surface area contributed by atoms with Gasteiger partial charge in [0.15, 0.2) is 0 Å². The molecule has 0 radical (unpaired) electrons. The van der Waals surface area contributed by atoms with Gasteiger partial charge in [-0.25, -0.2) is 4.79 Å². The fraction of sp³-hybridized carbons (Fsp3) is 0.562. The SMILES string of the molecule is CC(C)CCOc1ccc(C(=O)O)cc1N1CCCC1. The second kappa shape index (κ2) is 6.64. The Morgan fingerprint density at radius 3 is 2.65 bits per heavy atom. The molecule has 4 heteroatoms. The molecule has 0 aromatic heterocycles. The van der Waals surface area contributed by atoms with Crippen molar-refractivity contribution in [2.75, 3.05) is 24.6 Å². The maximum absolute atomic E-state index is 11.1. The smallest absolute Gasteiger partial charge is 0.335 e. The number of carboxylic acid groups (broad SMARTS) is 1. The number of nitrogens with zero attached hydrogens (tertiary/aromatic N) is 1. The normalized spacial score (nSPS) is 14.8. The minimum absolute atomic E-state index is 0.322. The Hall–Kier alpha value is -1.71. The highest BCUT2D eigenvalue weighted by Crippen LogP contribution is 2.32. The molecule has 1 heterocycles. The van der Waals surface area contributed by atoms with Gasteiger partial charge in [0.05, 0.1) is 17.9 Å². The van der Waals surface area contributed by atoms with Crippen LogP contribution < -0.4 is 9.64 Å². The van der Waals surface area contributed by atoms with Crippen molar-refractivity contribution in [1.29, 1.82) is 0 Å². The lowest BCUT2D eigenvalue weighted by atomic mass is 10.1. The molecule has 20 heavy (non-hydrogen) atoms. The number of anilines is 1. The number of benzene rings is 1. The lowest BCUT2D eigenvalue weighted by Crippen LogP contribution is -2.19. The molecule has 2 rings (SSSR count). The summed E-state index contributed by atoms with van der Waals surface area (Å²) < 4.78 is 5.86. The predicted molar refractivity (Wildman–Crippen MR) is 79.8 cm³/mol. The molecular weight excluding hydrogens is 254 g/mol. The highest BCUT2D eigenvalue weighted by Gasteiger charge is 2.18. The van der Waals surface area contributed by atoms with Crippen LogP contribution >= 0.6 is 0 Å². The summed E-state index contributed by atoms with van der Waals surface area (Å²) in [6.07, 6.45) is 3.31. The second-order valence-corrected chi connectivity index (χ2v) is 5.71. The van der Waals surface area contributed by atoms with Gasteiger partial charge < -0.3 is 14.7 Å². The second-order valence-electron chi connectivity index (χ2n) is 5.71. The molecule has 1 aliphatic heterocycles. The van der Waals surface area contributed by atoms with Crippen LogP contribution in [0.25, 0.3) is 0 Å². The summed E-state index contributed by atoms with van der Waals surface area (Å²) in [6.45, 7) is 6.95. The summed E-state index contributed by atoms with van der Waals surface area (Å²) in [5.74, 6) is 0.514. The van der Waals surface area contributed by atoms with Gasteiger partial charge in [-0.2, -0.15) is 0 Å². The van der Waals surface area contributed by atoms with Crippen LogP contribution in [0.2, 0.25) is 0 Å². The first-order chi connectivity index (χ1) is 9.58. The molecular formula is C16H23NO3. The molecule has 110 valence electrons. The number of aromatic carboxylic acids is 1. The highest BCUT2D eigenvalue weighted by atomic mass is 16.5. The van der Waals surface area contributed by atoms with Crippen molar-refractivity contribution in [1.82, 2.24) is 0 Å². The molecule has 1 fully saturated rings. The van der Waals surface area contributed by atoms with E-state index in [4.69, 9.17) is 9.84 Å².